The van der Waals surface area contributed by atoms with Crippen molar-refractivity contribution < 1.29 is 19.1 Å². The molecule has 0 bridgehead atoms. The lowest BCUT2D eigenvalue weighted by molar-refractivity contribution is -0.191. The number of fused-ring (bicyclic) bond motifs is 1. The van der Waals surface area contributed by atoms with Gasteiger partial charge >= 0.3 is 12.1 Å². The van der Waals surface area contributed by atoms with Crippen LogP contribution >= 0.6 is 0 Å². The maximum Gasteiger partial charge on any atom is 0.373 e. The van der Waals surface area contributed by atoms with Crippen LogP contribution in [0.2, 0.25) is 0 Å². The highest BCUT2D eigenvalue weighted by molar-refractivity contribution is 5.77. The summed E-state index contributed by atoms with van der Waals surface area (Å²) in [5.74, 6) is 0.656. The van der Waals surface area contributed by atoms with Crippen LogP contribution in [0.15, 0.2) is 54.6 Å². The van der Waals surface area contributed by atoms with E-state index in [9.17, 15) is 4.79 Å². The summed E-state index contributed by atoms with van der Waals surface area (Å²) < 4.78 is 5.24. The van der Waals surface area contributed by atoms with Crippen molar-refractivity contribution in [3.8, 4) is 5.75 Å². The summed E-state index contributed by atoms with van der Waals surface area (Å²) in [5.41, 5.74) is 2.26. The van der Waals surface area contributed by atoms with Crippen LogP contribution in [-0.4, -0.2) is 12.1 Å². The Morgan fingerprint density at radius 1 is 0.950 bits per heavy atom. The van der Waals surface area contributed by atoms with E-state index in [1.165, 1.54) is 0 Å². The van der Waals surface area contributed by atoms with Crippen molar-refractivity contribution in [3.05, 3.63) is 65.7 Å². The monoisotopic (exact) mass is 268 g/mol. The Morgan fingerprint density at radius 2 is 1.55 bits per heavy atom. The van der Waals surface area contributed by atoms with Gasteiger partial charge < -0.3 is 4.74 Å². The molecular weight excluding hydrogens is 256 g/mol. The van der Waals surface area contributed by atoms with Crippen LogP contribution in [0.4, 0.5) is 0 Å². The molecule has 1 aliphatic heterocycles. The molecule has 100 valence electrons. The van der Waals surface area contributed by atoms with Crippen molar-refractivity contribution in [2.75, 3.05) is 0 Å². The SMILES string of the molecule is O=C1C[C@H](c2ccccc2)c2ccccc2O1.O=C=O. The number of para-hydroxylation sites is 1. The number of hydrogen-bond donors (Lipinski definition) is 0. The summed E-state index contributed by atoms with van der Waals surface area (Å²) in [5, 5.41) is 0. The maximum absolute atomic E-state index is 11.6. The third-order valence-electron chi connectivity index (χ3n) is 3.09. The number of carbonyl (C=O) groups excluding carboxylic acids is 3. The summed E-state index contributed by atoms with van der Waals surface area (Å²) in [7, 11) is 0. The van der Waals surface area contributed by atoms with E-state index in [4.69, 9.17) is 14.3 Å². The van der Waals surface area contributed by atoms with Gasteiger partial charge in [-0.1, -0.05) is 48.5 Å². The van der Waals surface area contributed by atoms with E-state index in [0.717, 1.165) is 11.1 Å². The average Bonchev–Trinajstić information content (AvgIpc) is 2.48. The lowest BCUT2D eigenvalue weighted by Crippen LogP contribution is -2.20. The molecule has 0 amide bonds. The highest BCUT2D eigenvalue weighted by Gasteiger charge is 2.27. The van der Waals surface area contributed by atoms with Crippen molar-refractivity contribution in [2.45, 2.75) is 12.3 Å². The zero-order valence-electron chi connectivity index (χ0n) is 10.6. The predicted octanol–water partition coefficient (Wildman–Crippen LogP) is 2.54. The topological polar surface area (TPSA) is 60.4 Å². The molecule has 0 saturated heterocycles. The van der Waals surface area contributed by atoms with Gasteiger partial charge in [0.1, 0.15) is 5.75 Å². The molecular formula is C16H12O4. The molecule has 20 heavy (non-hydrogen) atoms. The molecule has 1 heterocycles. The summed E-state index contributed by atoms with van der Waals surface area (Å²) in [6.07, 6.45) is 0.668. The first-order valence-electron chi connectivity index (χ1n) is 6.10. The van der Waals surface area contributed by atoms with Gasteiger partial charge in [0.25, 0.3) is 0 Å². The number of ether oxygens (including phenoxy) is 1. The Labute approximate surface area is 116 Å². The first-order valence-corrected chi connectivity index (χ1v) is 6.10. The van der Waals surface area contributed by atoms with Gasteiger partial charge in [0.15, 0.2) is 0 Å². The van der Waals surface area contributed by atoms with Gasteiger partial charge in [-0.2, -0.15) is 9.59 Å². The molecule has 2 aromatic rings. The van der Waals surface area contributed by atoms with Crippen molar-refractivity contribution in [3.63, 3.8) is 0 Å². The first kappa shape index (κ1) is 13.7. The molecule has 0 unspecified atom stereocenters. The predicted molar refractivity (Wildman–Crippen MR) is 70.0 cm³/mol. The molecule has 0 fully saturated rings. The van der Waals surface area contributed by atoms with Gasteiger partial charge in [-0.25, -0.2) is 0 Å². The van der Waals surface area contributed by atoms with E-state index in [1.807, 2.05) is 42.5 Å². The van der Waals surface area contributed by atoms with E-state index < -0.39 is 0 Å². The zero-order valence-corrected chi connectivity index (χ0v) is 10.6. The van der Waals surface area contributed by atoms with Crippen molar-refractivity contribution in [1.29, 1.82) is 0 Å². The molecule has 0 aromatic heterocycles. The van der Waals surface area contributed by atoms with Crippen LogP contribution < -0.4 is 4.74 Å². The standard InChI is InChI=1S/C15H12O2.CO2/c16-15-10-13(11-6-2-1-3-7-11)12-8-4-5-9-14(12)17-15;2-1-3/h1-9,13H,10H2;/t13-;/m1./s1. The second kappa shape index (κ2) is 6.45. The highest BCUT2D eigenvalue weighted by Crippen LogP contribution is 2.38. The largest absolute Gasteiger partial charge is 0.426 e. The minimum Gasteiger partial charge on any atom is -0.426 e. The van der Waals surface area contributed by atoms with Crippen LogP contribution in [0.25, 0.3) is 0 Å². The molecule has 1 atom stereocenters. The Balaban J connectivity index is 0.000000452. The minimum atomic E-state index is -0.155. The third-order valence-corrected chi connectivity index (χ3v) is 3.09. The second-order valence-electron chi connectivity index (χ2n) is 4.26. The number of hydrogen-bond acceptors (Lipinski definition) is 4. The Bertz CT molecular complexity index is 628. The van der Waals surface area contributed by atoms with Crippen LogP contribution in [0, 0.1) is 0 Å². The van der Waals surface area contributed by atoms with Gasteiger partial charge in [0, 0.05) is 11.5 Å². The molecule has 1 aliphatic rings. The van der Waals surface area contributed by atoms with Gasteiger partial charge in [-0.05, 0) is 11.6 Å². The van der Waals surface area contributed by atoms with Crippen molar-refractivity contribution >= 4 is 12.1 Å². The molecule has 0 radical (unpaired) electrons. The van der Waals surface area contributed by atoms with Crippen LogP contribution in [0.3, 0.4) is 0 Å². The third kappa shape index (κ3) is 2.99. The molecule has 4 heteroatoms. The average molecular weight is 268 g/mol. The fourth-order valence-electron chi connectivity index (χ4n) is 2.29. The Morgan fingerprint density at radius 3 is 2.25 bits per heavy atom. The molecule has 0 aliphatic carbocycles. The van der Waals surface area contributed by atoms with Gasteiger partial charge in [0.05, 0.1) is 6.42 Å². The number of esters is 1. The van der Waals surface area contributed by atoms with E-state index in [2.05, 4.69) is 12.1 Å². The fourth-order valence-corrected chi connectivity index (χ4v) is 2.29. The van der Waals surface area contributed by atoms with Crippen molar-refractivity contribution in [2.24, 2.45) is 0 Å². The maximum atomic E-state index is 11.6. The minimum absolute atomic E-state index is 0.119. The fraction of sp³-hybridized carbons (Fsp3) is 0.125. The van der Waals surface area contributed by atoms with Gasteiger partial charge in [-0.15, -0.1) is 0 Å². The first-order chi connectivity index (χ1) is 9.76. The second-order valence-corrected chi connectivity index (χ2v) is 4.26. The zero-order chi connectivity index (χ0) is 14.4. The quantitative estimate of drug-likeness (QED) is 0.589. The van der Waals surface area contributed by atoms with Crippen LogP contribution in [0.5, 0.6) is 5.75 Å². The molecule has 2 aromatic carbocycles. The van der Waals surface area contributed by atoms with E-state index in [0.29, 0.717) is 12.2 Å². The van der Waals surface area contributed by atoms with Gasteiger partial charge in [0.2, 0.25) is 0 Å². The summed E-state index contributed by atoms with van der Waals surface area (Å²) in [6, 6.07) is 17.8. The lowest BCUT2D eigenvalue weighted by Gasteiger charge is -2.24. The molecule has 0 saturated carbocycles. The van der Waals surface area contributed by atoms with E-state index in [-0.39, 0.29) is 18.0 Å². The van der Waals surface area contributed by atoms with E-state index >= 15 is 0 Å². The molecule has 3 rings (SSSR count). The van der Waals surface area contributed by atoms with Crippen LogP contribution in [0.1, 0.15) is 23.5 Å². The van der Waals surface area contributed by atoms with Crippen molar-refractivity contribution in [1.82, 2.24) is 0 Å². The highest BCUT2D eigenvalue weighted by atomic mass is 16.5. The number of carbonyl (C=O) groups is 1. The Kier molecular flexibility index (Phi) is 4.43. The van der Waals surface area contributed by atoms with Gasteiger partial charge in [-0.3, -0.25) is 4.79 Å². The lowest BCUT2D eigenvalue weighted by atomic mass is 9.86. The summed E-state index contributed by atoms with van der Waals surface area (Å²) >= 11 is 0. The molecule has 0 N–H and O–H groups in total. The molecule has 0 spiro atoms. The molecule has 4 nitrogen and oxygen atoms in total. The number of rotatable bonds is 1. The van der Waals surface area contributed by atoms with E-state index in [1.54, 1.807) is 0 Å². The normalized spacial score (nSPS) is 16.0. The van der Waals surface area contributed by atoms with Crippen LogP contribution in [-0.2, 0) is 14.4 Å². The number of benzene rings is 2. The Hall–Kier alpha value is -2.71. The summed E-state index contributed by atoms with van der Waals surface area (Å²) in [6.45, 7) is 0. The summed E-state index contributed by atoms with van der Waals surface area (Å²) in [4.78, 5) is 27.8. The smallest absolute Gasteiger partial charge is 0.373 e.